The number of para-hydroxylation sites is 2. The standard InChI is InChI=1S/C47H55N3O/c1-28(2)31-23-32(25-33(24-31)40-20-13-14-22-48-40)37-19-16-21-41-42(37)49-45(50(41)43-35(29(3)4)17-15-18-36(43)30(5)6)38-26-34(46(7,8)9)27-39(44(38)51)47(10,11)12/h13-30,51H,1-12H3. The van der Waals surface area contributed by atoms with Gasteiger partial charge < -0.3 is 5.11 Å². The highest BCUT2D eigenvalue weighted by Gasteiger charge is 2.30. The summed E-state index contributed by atoms with van der Waals surface area (Å²) in [7, 11) is 0. The van der Waals surface area contributed by atoms with E-state index >= 15 is 0 Å². The number of imidazole rings is 1. The lowest BCUT2D eigenvalue weighted by Gasteiger charge is -2.28. The number of nitrogens with zero attached hydrogens (tertiary/aromatic N) is 3. The highest BCUT2D eigenvalue weighted by atomic mass is 16.3. The molecule has 0 atom stereocenters. The fourth-order valence-electron chi connectivity index (χ4n) is 7.14. The van der Waals surface area contributed by atoms with E-state index in [0.717, 1.165) is 56.1 Å². The van der Waals surface area contributed by atoms with Crippen LogP contribution in [-0.4, -0.2) is 19.6 Å². The van der Waals surface area contributed by atoms with Crippen LogP contribution in [0.5, 0.6) is 5.75 Å². The molecule has 0 aliphatic rings. The third-order valence-corrected chi connectivity index (χ3v) is 10.2. The smallest absolute Gasteiger partial charge is 0.149 e. The summed E-state index contributed by atoms with van der Waals surface area (Å²) < 4.78 is 2.35. The number of benzene rings is 4. The van der Waals surface area contributed by atoms with Gasteiger partial charge in [0, 0.05) is 22.9 Å². The van der Waals surface area contributed by atoms with Crippen molar-refractivity contribution < 1.29 is 5.11 Å². The maximum absolute atomic E-state index is 12.3. The van der Waals surface area contributed by atoms with E-state index in [9.17, 15) is 5.11 Å². The quantitative estimate of drug-likeness (QED) is 0.183. The molecule has 0 fully saturated rings. The average Bonchev–Trinajstić information content (AvgIpc) is 3.46. The molecule has 0 saturated heterocycles. The minimum atomic E-state index is -0.278. The number of hydrogen-bond acceptors (Lipinski definition) is 3. The molecule has 2 aromatic heterocycles. The second-order valence-corrected chi connectivity index (χ2v) is 17.2. The van der Waals surface area contributed by atoms with Crippen LogP contribution >= 0.6 is 0 Å². The van der Waals surface area contributed by atoms with Crippen molar-refractivity contribution in [2.75, 3.05) is 0 Å². The number of aromatic hydroxyl groups is 1. The molecule has 6 aromatic rings. The number of rotatable bonds is 7. The number of pyridine rings is 1. The van der Waals surface area contributed by atoms with Gasteiger partial charge in [0.25, 0.3) is 0 Å². The van der Waals surface area contributed by atoms with Crippen molar-refractivity contribution in [2.24, 2.45) is 0 Å². The van der Waals surface area contributed by atoms with Crippen molar-refractivity contribution in [1.82, 2.24) is 14.5 Å². The van der Waals surface area contributed by atoms with Gasteiger partial charge in [0.05, 0.1) is 28.0 Å². The number of fused-ring (bicyclic) bond motifs is 1. The van der Waals surface area contributed by atoms with E-state index in [1.54, 1.807) is 0 Å². The van der Waals surface area contributed by atoms with E-state index in [1.807, 2.05) is 18.3 Å². The Bertz CT molecular complexity index is 2180. The summed E-state index contributed by atoms with van der Waals surface area (Å²) in [6.45, 7) is 26.8. The van der Waals surface area contributed by atoms with Crippen molar-refractivity contribution in [3.8, 4) is 45.2 Å². The largest absolute Gasteiger partial charge is 0.507 e. The van der Waals surface area contributed by atoms with Crippen molar-refractivity contribution in [3.63, 3.8) is 0 Å². The van der Waals surface area contributed by atoms with Crippen LogP contribution in [0.25, 0.3) is 50.5 Å². The molecule has 4 nitrogen and oxygen atoms in total. The second kappa shape index (κ2) is 13.5. The molecule has 0 amide bonds. The molecule has 264 valence electrons. The number of phenols is 1. The zero-order valence-corrected chi connectivity index (χ0v) is 32.7. The summed E-state index contributed by atoms with van der Waals surface area (Å²) in [4.78, 5) is 10.3. The predicted octanol–water partition coefficient (Wildman–Crippen LogP) is 13.1. The SMILES string of the molecule is CC(C)c1cc(-c2ccccn2)cc(-c2cccc3c2nc(-c2cc(C(C)(C)C)cc(C(C)(C)C)c2O)n3-c2c(C(C)C)cccc2C(C)C)c1. The topological polar surface area (TPSA) is 50.9 Å². The zero-order chi connectivity index (χ0) is 37.0. The highest BCUT2D eigenvalue weighted by molar-refractivity contribution is 5.97. The maximum Gasteiger partial charge on any atom is 0.149 e. The van der Waals surface area contributed by atoms with Crippen molar-refractivity contribution >= 4 is 11.0 Å². The lowest BCUT2D eigenvalue weighted by Crippen LogP contribution is -2.17. The van der Waals surface area contributed by atoms with Crippen LogP contribution < -0.4 is 0 Å². The van der Waals surface area contributed by atoms with Crippen molar-refractivity contribution in [3.05, 3.63) is 119 Å². The Hall–Kier alpha value is -4.70. The number of hydrogen-bond donors (Lipinski definition) is 1. The Labute approximate surface area is 305 Å². The number of aromatic nitrogens is 3. The molecular weight excluding hydrogens is 623 g/mol. The first-order valence-electron chi connectivity index (χ1n) is 18.6. The molecule has 0 aliphatic carbocycles. The summed E-state index contributed by atoms with van der Waals surface area (Å²) in [5, 5.41) is 12.3. The summed E-state index contributed by atoms with van der Waals surface area (Å²) in [5.41, 5.74) is 13.5. The Balaban J connectivity index is 1.79. The first kappa shape index (κ1) is 36.1. The van der Waals surface area contributed by atoms with Crippen molar-refractivity contribution in [2.45, 2.75) is 112 Å². The zero-order valence-electron chi connectivity index (χ0n) is 32.7. The van der Waals surface area contributed by atoms with Gasteiger partial charge in [-0.3, -0.25) is 9.55 Å². The normalized spacial score (nSPS) is 12.5. The second-order valence-electron chi connectivity index (χ2n) is 17.2. The molecule has 4 aromatic carbocycles. The lowest BCUT2D eigenvalue weighted by molar-refractivity contribution is 0.446. The molecule has 0 radical (unpaired) electrons. The Morgan fingerprint density at radius 3 is 1.84 bits per heavy atom. The van der Waals surface area contributed by atoms with E-state index < -0.39 is 0 Å². The highest BCUT2D eigenvalue weighted by Crippen LogP contribution is 2.46. The molecule has 0 unspecified atom stereocenters. The minimum Gasteiger partial charge on any atom is -0.507 e. The van der Waals surface area contributed by atoms with Crippen LogP contribution in [0.1, 0.15) is 129 Å². The number of phenolic OH excluding ortho intramolecular Hbond substituents is 1. The van der Waals surface area contributed by atoms with Crippen molar-refractivity contribution in [1.29, 1.82) is 0 Å². The minimum absolute atomic E-state index is 0.136. The molecule has 0 aliphatic heterocycles. The van der Waals surface area contributed by atoms with Crippen LogP contribution in [0.2, 0.25) is 0 Å². The van der Waals surface area contributed by atoms with Gasteiger partial charge in [0.2, 0.25) is 0 Å². The fraction of sp³-hybridized carbons (Fsp3) is 0.362. The average molecular weight is 678 g/mol. The summed E-state index contributed by atoms with van der Waals surface area (Å²) >= 11 is 0. The third kappa shape index (κ3) is 6.86. The maximum atomic E-state index is 12.3. The van der Waals surface area contributed by atoms with Gasteiger partial charge in [0.1, 0.15) is 11.6 Å². The van der Waals surface area contributed by atoms with Crippen LogP contribution in [0.4, 0.5) is 0 Å². The van der Waals surface area contributed by atoms with Crippen LogP contribution in [0.3, 0.4) is 0 Å². The lowest BCUT2D eigenvalue weighted by atomic mass is 9.79. The van der Waals surface area contributed by atoms with Crippen LogP contribution in [0.15, 0.2) is 91.1 Å². The molecular formula is C47H55N3O. The molecule has 2 heterocycles. The van der Waals surface area contributed by atoms with Gasteiger partial charge in [-0.05, 0) is 92.8 Å². The molecule has 0 bridgehead atoms. The van der Waals surface area contributed by atoms with E-state index in [1.165, 1.54) is 22.3 Å². The van der Waals surface area contributed by atoms with Crippen LogP contribution in [-0.2, 0) is 10.8 Å². The summed E-state index contributed by atoms with van der Waals surface area (Å²) in [5.74, 6) is 1.93. The van der Waals surface area contributed by atoms with E-state index in [0.29, 0.717) is 11.7 Å². The van der Waals surface area contributed by atoms with Gasteiger partial charge in [0.15, 0.2) is 0 Å². The van der Waals surface area contributed by atoms with E-state index in [-0.39, 0.29) is 22.7 Å². The first-order valence-corrected chi connectivity index (χ1v) is 18.6. The molecule has 6 rings (SSSR count). The Kier molecular flexibility index (Phi) is 9.52. The molecule has 0 saturated carbocycles. The van der Waals surface area contributed by atoms with E-state index in [2.05, 4.69) is 160 Å². The third-order valence-electron chi connectivity index (χ3n) is 10.2. The Morgan fingerprint density at radius 1 is 0.627 bits per heavy atom. The monoisotopic (exact) mass is 677 g/mol. The molecule has 1 N–H and O–H groups in total. The Morgan fingerprint density at radius 2 is 1.27 bits per heavy atom. The van der Waals surface area contributed by atoms with E-state index in [4.69, 9.17) is 9.97 Å². The van der Waals surface area contributed by atoms with Gasteiger partial charge in [-0.1, -0.05) is 132 Å². The molecule has 51 heavy (non-hydrogen) atoms. The molecule has 0 spiro atoms. The van der Waals surface area contributed by atoms with Gasteiger partial charge in [-0.15, -0.1) is 0 Å². The fourth-order valence-corrected chi connectivity index (χ4v) is 7.14. The van der Waals surface area contributed by atoms with Gasteiger partial charge in [-0.25, -0.2) is 4.98 Å². The van der Waals surface area contributed by atoms with Gasteiger partial charge >= 0.3 is 0 Å². The predicted molar refractivity (Wildman–Crippen MR) is 217 cm³/mol. The van der Waals surface area contributed by atoms with Gasteiger partial charge in [-0.2, -0.15) is 0 Å². The van der Waals surface area contributed by atoms with Crippen LogP contribution in [0, 0.1) is 0 Å². The first-order chi connectivity index (χ1) is 24.0. The summed E-state index contributed by atoms with van der Waals surface area (Å²) in [6.07, 6.45) is 1.86. The summed E-state index contributed by atoms with van der Waals surface area (Å²) in [6, 6.07) is 30.5. The molecule has 4 heteroatoms.